The van der Waals surface area contributed by atoms with Gasteiger partial charge in [-0.15, -0.1) is 0 Å². The Kier molecular flexibility index (Phi) is 6.11. The molecule has 1 heterocycles. The molecule has 1 amide bonds. The predicted molar refractivity (Wildman–Crippen MR) is 98.2 cm³/mol. The van der Waals surface area contributed by atoms with Crippen molar-refractivity contribution in [3.05, 3.63) is 65.1 Å². The van der Waals surface area contributed by atoms with Crippen molar-refractivity contribution in [2.24, 2.45) is 0 Å². The number of allylic oxidation sites excluding steroid dienone is 1. The highest BCUT2D eigenvalue weighted by Gasteiger charge is 2.18. The number of anilines is 2. The predicted octanol–water partition coefficient (Wildman–Crippen LogP) is 5.05. The minimum Gasteiger partial charge on any atom is -0.370 e. The number of hydrogen-bond acceptors (Lipinski definition) is 3. The molecule has 1 aromatic heterocycles. The summed E-state index contributed by atoms with van der Waals surface area (Å²) in [5.74, 6) is -4.75. The van der Waals surface area contributed by atoms with E-state index in [1.165, 1.54) is 24.6 Å². The molecule has 0 unspecified atom stereocenters. The Morgan fingerprint density at radius 1 is 1.07 bits per heavy atom. The molecule has 4 nitrogen and oxygen atoms in total. The first kappa shape index (κ1) is 18.9. The highest BCUT2D eigenvalue weighted by Crippen LogP contribution is 2.20. The Hall–Kier alpha value is -2.83. The average Bonchev–Trinajstić information content (AvgIpc) is 2.68. The Balaban J connectivity index is 1.55. The van der Waals surface area contributed by atoms with E-state index >= 15 is 0 Å². The molecule has 142 valence electrons. The van der Waals surface area contributed by atoms with Gasteiger partial charge in [0, 0.05) is 6.54 Å². The number of aromatic nitrogens is 1. The van der Waals surface area contributed by atoms with Crippen LogP contribution in [-0.4, -0.2) is 17.4 Å². The fourth-order valence-electron chi connectivity index (χ4n) is 2.95. The van der Waals surface area contributed by atoms with E-state index in [4.69, 9.17) is 0 Å². The minimum atomic E-state index is -1.67. The normalized spacial score (nSPS) is 13.8. The summed E-state index contributed by atoms with van der Waals surface area (Å²) >= 11 is 0. The van der Waals surface area contributed by atoms with Crippen molar-refractivity contribution in [3.8, 4) is 0 Å². The van der Waals surface area contributed by atoms with Gasteiger partial charge in [0.15, 0.2) is 17.5 Å². The highest BCUT2D eigenvalue weighted by molar-refractivity contribution is 6.04. The number of nitrogens with zero attached hydrogens (tertiary/aromatic N) is 1. The summed E-state index contributed by atoms with van der Waals surface area (Å²) in [6, 6.07) is 4.89. The van der Waals surface area contributed by atoms with Crippen molar-refractivity contribution in [1.82, 2.24) is 4.98 Å². The maximum absolute atomic E-state index is 13.7. The molecular weight excluding hydrogens is 355 g/mol. The Morgan fingerprint density at radius 2 is 1.93 bits per heavy atom. The van der Waals surface area contributed by atoms with Crippen LogP contribution in [0.15, 0.2) is 42.1 Å². The van der Waals surface area contributed by atoms with Gasteiger partial charge >= 0.3 is 0 Å². The van der Waals surface area contributed by atoms with Crippen LogP contribution in [0.1, 0.15) is 42.5 Å². The van der Waals surface area contributed by atoms with Gasteiger partial charge in [-0.3, -0.25) is 4.79 Å². The molecule has 3 rings (SSSR count). The van der Waals surface area contributed by atoms with E-state index < -0.39 is 28.9 Å². The fourth-order valence-corrected chi connectivity index (χ4v) is 2.95. The topological polar surface area (TPSA) is 54.0 Å². The summed E-state index contributed by atoms with van der Waals surface area (Å²) in [4.78, 5) is 16.2. The van der Waals surface area contributed by atoms with Crippen molar-refractivity contribution >= 4 is 17.4 Å². The van der Waals surface area contributed by atoms with Crippen molar-refractivity contribution in [2.45, 2.75) is 32.1 Å². The third kappa shape index (κ3) is 4.87. The van der Waals surface area contributed by atoms with Gasteiger partial charge in [0.2, 0.25) is 0 Å². The third-order valence-corrected chi connectivity index (χ3v) is 4.44. The zero-order chi connectivity index (χ0) is 19.2. The molecule has 0 aliphatic heterocycles. The molecule has 1 aliphatic rings. The zero-order valence-corrected chi connectivity index (χ0v) is 14.7. The van der Waals surface area contributed by atoms with Crippen molar-refractivity contribution in [2.75, 3.05) is 17.2 Å². The number of hydrogen-bond donors (Lipinski definition) is 2. The van der Waals surface area contributed by atoms with Crippen LogP contribution in [-0.2, 0) is 0 Å². The Morgan fingerprint density at radius 3 is 2.63 bits per heavy atom. The van der Waals surface area contributed by atoms with Gasteiger partial charge in [-0.05, 0) is 56.4 Å². The van der Waals surface area contributed by atoms with E-state index in [1.54, 1.807) is 12.1 Å². The standard InChI is InChI=1S/C20H20F3N3O/c21-16-8-7-15(18(22)19(16)23)20(27)26-14-6-9-17(25-12-14)24-11-10-13-4-2-1-3-5-13/h4,6-9,12H,1-3,5,10-11H2,(H,24,25)(H,26,27). The third-order valence-electron chi connectivity index (χ3n) is 4.44. The van der Waals surface area contributed by atoms with E-state index in [-0.39, 0.29) is 0 Å². The van der Waals surface area contributed by atoms with Gasteiger partial charge in [0.1, 0.15) is 5.82 Å². The number of amides is 1. The van der Waals surface area contributed by atoms with E-state index in [2.05, 4.69) is 21.7 Å². The van der Waals surface area contributed by atoms with Crippen molar-refractivity contribution in [1.29, 1.82) is 0 Å². The molecule has 2 N–H and O–H groups in total. The fraction of sp³-hybridized carbons (Fsp3) is 0.300. The molecule has 0 saturated heterocycles. The minimum absolute atomic E-state index is 0.324. The quantitative estimate of drug-likeness (QED) is 0.548. The largest absolute Gasteiger partial charge is 0.370 e. The summed E-state index contributed by atoms with van der Waals surface area (Å²) in [5.41, 5.74) is 1.22. The van der Waals surface area contributed by atoms with Crippen LogP contribution in [0.4, 0.5) is 24.7 Å². The van der Waals surface area contributed by atoms with Crippen LogP contribution in [0.2, 0.25) is 0 Å². The average molecular weight is 375 g/mol. The first-order valence-electron chi connectivity index (χ1n) is 8.87. The Labute approximate surface area is 155 Å². The number of halogens is 3. The molecule has 0 atom stereocenters. The molecule has 0 bridgehead atoms. The maximum atomic E-state index is 13.7. The number of carbonyl (C=O) groups excluding carboxylic acids is 1. The highest BCUT2D eigenvalue weighted by atomic mass is 19.2. The van der Waals surface area contributed by atoms with E-state index in [0.29, 0.717) is 17.6 Å². The second kappa shape index (κ2) is 8.70. The van der Waals surface area contributed by atoms with Crippen molar-refractivity contribution < 1.29 is 18.0 Å². The molecule has 27 heavy (non-hydrogen) atoms. The van der Waals surface area contributed by atoms with Crippen LogP contribution in [0.3, 0.4) is 0 Å². The van der Waals surface area contributed by atoms with E-state index in [0.717, 1.165) is 31.9 Å². The molecule has 1 aliphatic carbocycles. The van der Waals surface area contributed by atoms with Gasteiger partial charge in [-0.25, -0.2) is 18.2 Å². The van der Waals surface area contributed by atoms with Gasteiger partial charge < -0.3 is 10.6 Å². The molecule has 0 fully saturated rings. The smallest absolute Gasteiger partial charge is 0.258 e. The molecule has 0 radical (unpaired) electrons. The second-order valence-corrected chi connectivity index (χ2v) is 6.39. The SMILES string of the molecule is O=C(Nc1ccc(NCCC2=CCCCC2)nc1)c1ccc(F)c(F)c1F. The molecule has 0 saturated carbocycles. The van der Waals surface area contributed by atoms with Gasteiger partial charge in [-0.1, -0.05) is 11.6 Å². The van der Waals surface area contributed by atoms with Crippen LogP contribution in [0.25, 0.3) is 0 Å². The number of benzene rings is 1. The summed E-state index contributed by atoms with van der Waals surface area (Å²) in [5, 5.41) is 5.62. The lowest BCUT2D eigenvalue weighted by atomic mass is 9.97. The van der Waals surface area contributed by atoms with E-state index in [9.17, 15) is 18.0 Å². The lowest BCUT2D eigenvalue weighted by Crippen LogP contribution is -2.15. The second-order valence-electron chi connectivity index (χ2n) is 6.39. The van der Waals surface area contributed by atoms with Crippen LogP contribution in [0, 0.1) is 17.5 Å². The lowest BCUT2D eigenvalue weighted by molar-refractivity contribution is 0.102. The summed E-state index contributed by atoms with van der Waals surface area (Å²) in [6.45, 7) is 0.768. The van der Waals surface area contributed by atoms with Crippen LogP contribution in [0.5, 0.6) is 0 Å². The lowest BCUT2D eigenvalue weighted by Gasteiger charge is -2.13. The van der Waals surface area contributed by atoms with Crippen LogP contribution >= 0.6 is 0 Å². The molecule has 2 aromatic rings. The summed E-state index contributed by atoms with van der Waals surface area (Å²) in [6.07, 6.45) is 9.50. The Bertz CT molecular complexity index is 850. The number of rotatable bonds is 6. The molecule has 1 aromatic carbocycles. The monoisotopic (exact) mass is 375 g/mol. The number of pyridine rings is 1. The zero-order valence-electron chi connectivity index (χ0n) is 14.7. The summed E-state index contributed by atoms with van der Waals surface area (Å²) < 4.78 is 39.9. The van der Waals surface area contributed by atoms with Crippen LogP contribution < -0.4 is 10.6 Å². The van der Waals surface area contributed by atoms with E-state index in [1.807, 2.05) is 0 Å². The number of carbonyl (C=O) groups is 1. The molecule has 7 heteroatoms. The van der Waals surface area contributed by atoms with Gasteiger partial charge in [0.05, 0.1) is 17.4 Å². The van der Waals surface area contributed by atoms with Crippen molar-refractivity contribution in [3.63, 3.8) is 0 Å². The van der Waals surface area contributed by atoms with Gasteiger partial charge in [0.25, 0.3) is 5.91 Å². The van der Waals surface area contributed by atoms with Gasteiger partial charge in [-0.2, -0.15) is 0 Å². The first-order chi connectivity index (χ1) is 13.0. The maximum Gasteiger partial charge on any atom is 0.258 e. The molecular formula is C20H20F3N3O. The number of nitrogens with one attached hydrogen (secondary N) is 2. The first-order valence-corrected chi connectivity index (χ1v) is 8.87. The summed E-state index contributed by atoms with van der Waals surface area (Å²) in [7, 11) is 0. The molecule has 0 spiro atoms.